The van der Waals surface area contributed by atoms with Crippen molar-refractivity contribution >= 4 is 29.8 Å². The molecule has 0 spiro atoms. The largest absolute Gasteiger partial charge is 0.372 e. The molecule has 0 atom stereocenters. The lowest BCUT2D eigenvalue weighted by Crippen LogP contribution is -2.11. The molecular weight excluding hydrogens is 428 g/mol. The molecule has 164 valence electrons. The zero-order valence-corrected chi connectivity index (χ0v) is 18.8. The third-order valence-electron chi connectivity index (χ3n) is 5.41. The van der Waals surface area contributed by atoms with E-state index in [9.17, 15) is 4.79 Å². The van der Waals surface area contributed by atoms with Crippen LogP contribution in [-0.2, 0) is 17.6 Å². The van der Waals surface area contributed by atoms with Crippen molar-refractivity contribution in [3.63, 3.8) is 0 Å². The molecule has 4 nitrogen and oxygen atoms in total. The number of fused-ring (bicyclic) bond motifs is 2. The molecule has 0 radical (unpaired) electrons. The van der Waals surface area contributed by atoms with Crippen LogP contribution in [0.5, 0.6) is 0 Å². The van der Waals surface area contributed by atoms with Gasteiger partial charge in [-0.15, -0.1) is 0 Å². The fraction of sp³-hybridized carbons (Fsp3) is 0.0714. The first-order valence-electron chi connectivity index (χ1n) is 10.7. The second-order valence-electron chi connectivity index (χ2n) is 7.58. The Labute approximate surface area is 197 Å². The van der Waals surface area contributed by atoms with Gasteiger partial charge in [0, 0.05) is 9.79 Å². The summed E-state index contributed by atoms with van der Waals surface area (Å²) in [5.74, 6) is -0.0366. The predicted octanol–water partition coefficient (Wildman–Crippen LogP) is 5.96. The summed E-state index contributed by atoms with van der Waals surface area (Å²) in [5.41, 5.74) is 10.8. The Bertz CT molecular complexity index is 1250. The fourth-order valence-electron chi connectivity index (χ4n) is 3.75. The number of nitrogens with two attached hydrogens (primary N) is 1. The van der Waals surface area contributed by atoms with E-state index in [-0.39, 0.29) is 12.3 Å². The smallest absolute Gasteiger partial charge is 0.256 e. The van der Waals surface area contributed by atoms with E-state index in [1.165, 1.54) is 22.3 Å². The minimum Gasteiger partial charge on any atom is -0.372 e. The molecular formula is C28H24N2O2S. The molecule has 0 saturated heterocycles. The molecule has 0 aromatic heterocycles. The molecule has 5 heteroatoms. The van der Waals surface area contributed by atoms with E-state index < -0.39 is 0 Å². The Morgan fingerprint density at radius 2 is 1.33 bits per heavy atom. The van der Waals surface area contributed by atoms with Gasteiger partial charge in [0.05, 0.1) is 11.3 Å². The quantitative estimate of drug-likeness (QED) is 0.376. The van der Waals surface area contributed by atoms with Gasteiger partial charge in [-0.3, -0.25) is 9.59 Å². The molecule has 1 aliphatic heterocycles. The molecule has 0 saturated carbocycles. The molecule has 1 aliphatic rings. The number of aryl methyl sites for hydroxylation is 2. The molecule has 5 rings (SSSR count). The lowest BCUT2D eigenvalue weighted by atomic mass is 10.00. The van der Waals surface area contributed by atoms with E-state index in [2.05, 4.69) is 77.8 Å². The second-order valence-corrected chi connectivity index (χ2v) is 8.67. The highest BCUT2D eigenvalue weighted by molar-refractivity contribution is 7.99. The predicted molar refractivity (Wildman–Crippen MR) is 134 cm³/mol. The van der Waals surface area contributed by atoms with Gasteiger partial charge < -0.3 is 11.1 Å². The average molecular weight is 453 g/mol. The van der Waals surface area contributed by atoms with Crippen LogP contribution in [-0.4, -0.2) is 12.3 Å². The van der Waals surface area contributed by atoms with E-state index in [0.29, 0.717) is 0 Å². The van der Waals surface area contributed by atoms with E-state index in [4.69, 9.17) is 4.79 Å². The Hall–Kier alpha value is -3.83. The number of carbonyl (C=O) groups excluding carboxylic acids is 2. The van der Waals surface area contributed by atoms with Crippen molar-refractivity contribution in [3.8, 4) is 11.1 Å². The lowest BCUT2D eigenvalue weighted by Gasteiger charge is -2.10. The average Bonchev–Trinajstić information content (AvgIpc) is 2.99. The highest BCUT2D eigenvalue weighted by Crippen LogP contribution is 2.39. The Morgan fingerprint density at radius 1 is 0.727 bits per heavy atom. The van der Waals surface area contributed by atoms with Crippen molar-refractivity contribution < 1.29 is 9.59 Å². The van der Waals surface area contributed by atoms with Gasteiger partial charge in [0.2, 0.25) is 6.41 Å². The van der Waals surface area contributed by atoms with E-state index in [0.717, 1.165) is 33.9 Å². The number of rotatable bonds is 4. The third-order valence-corrected chi connectivity index (χ3v) is 6.56. The number of primary amides is 1. The summed E-state index contributed by atoms with van der Waals surface area (Å²) in [5, 5.41) is 3.08. The number of carbonyl (C=O) groups is 2. The van der Waals surface area contributed by atoms with Crippen molar-refractivity contribution in [2.75, 3.05) is 5.32 Å². The fourth-order valence-corrected chi connectivity index (χ4v) is 4.76. The molecule has 0 bridgehead atoms. The number of amides is 2. The summed E-state index contributed by atoms with van der Waals surface area (Å²) >= 11 is 1.65. The van der Waals surface area contributed by atoms with Crippen LogP contribution in [0, 0.1) is 0 Å². The lowest BCUT2D eigenvalue weighted by molar-refractivity contribution is -0.106. The number of hydrogen-bond donors (Lipinski definition) is 2. The molecule has 1 heterocycles. The highest BCUT2D eigenvalue weighted by atomic mass is 32.2. The maximum atomic E-state index is 12.6. The van der Waals surface area contributed by atoms with Gasteiger partial charge in [0.1, 0.15) is 0 Å². The second kappa shape index (κ2) is 10.7. The van der Waals surface area contributed by atoms with Crippen LogP contribution in [0.3, 0.4) is 0 Å². The first kappa shape index (κ1) is 22.4. The van der Waals surface area contributed by atoms with Gasteiger partial charge in [0.15, 0.2) is 0 Å². The Morgan fingerprint density at radius 3 is 2.09 bits per heavy atom. The van der Waals surface area contributed by atoms with Crippen LogP contribution >= 0.6 is 11.8 Å². The maximum Gasteiger partial charge on any atom is 0.256 e. The minimum atomic E-state index is -0.0366. The number of hydrogen-bond acceptors (Lipinski definition) is 3. The topological polar surface area (TPSA) is 72.2 Å². The molecule has 3 N–H and O–H groups in total. The monoisotopic (exact) mass is 452 g/mol. The molecule has 4 aromatic carbocycles. The van der Waals surface area contributed by atoms with E-state index in [1.54, 1.807) is 11.8 Å². The van der Waals surface area contributed by atoms with Crippen molar-refractivity contribution in [3.05, 3.63) is 114 Å². The first-order chi connectivity index (χ1) is 16.2. The SMILES string of the molecule is NC=O.O=C1Nc2cc(CCc3ccc(-c4ccccc4)cc3)ccc2Sc2ccccc21. The van der Waals surface area contributed by atoms with Gasteiger partial charge in [-0.1, -0.05) is 84.6 Å². The van der Waals surface area contributed by atoms with Crippen LogP contribution < -0.4 is 11.1 Å². The number of benzene rings is 4. The van der Waals surface area contributed by atoms with Crippen LogP contribution in [0.15, 0.2) is 107 Å². The summed E-state index contributed by atoms with van der Waals surface area (Å²) in [6.45, 7) is 0. The van der Waals surface area contributed by atoms with Gasteiger partial charge in [-0.05, 0) is 59.4 Å². The molecule has 0 fully saturated rings. The standard InChI is InChI=1S/C27H21NOS.CH3NO/c29-27-23-8-4-5-9-25(23)30-26-17-14-20(18-24(26)28-27)11-10-19-12-15-22(16-13-19)21-6-2-1-3-7-21;2-1-3/h1-9,12-18H,10-11H2,(H,28,29);1H,(H2,2,3). The summed E-state index contributed by atoms with van der Waals surface area (Å²) in [4.78, 5) is 23.3. The van der Waals surface area contributed by atoms with Gasteiger partial charge in [-0.25, -0.2) is 0 Å². The Kier molecular flexibility index (Phi) is 7.22. The first-order valence-corrected chi connectivity index (χ1v) is 11.5. The maximum absolute atomic E-state index is 12.6. The number of nitrogens with one attached hydrogen (secondary N) is 1. The van der Waals surface area contributed by atoms with Crippen LogP contribution in [0.2, 0.25) is 0 Å². The zero-order valence-electron chi connectivity index (χ0n) is 18.0. The summed E-state index contributed by atoms with van der Waals surface area (Å²) in [7, 11) is 0. The Balaban J connectivity index is 0.000000821. The van der Waals surface area contributed by atoms with Crippen LogP contribution in [0.25, 0.3) is 11.1 Å². The van der Waals surface area contributed by atoms with Crippen molar-refractivity contribution in [2.24, 2.45) is 5.73 Å². The van der Waals surface area contributed by atoms with Crippen LogP contribution in [0.4, 0.5) is 5.69 Å². The van der Waals surface area contributed by atoms with E-state index in [1.807, 2.05) is 30.3 Å². The summed E-state index contributed by atoms with van der Waals surface area (Å²) in [6.07, 6.45) is 2.15. The van der Waals surface area contributed by atoms with Gasteiger partial charge in [-0.2, -0.15) is 0 Å². The van der Waals surface area contributed by atoms with Crippen molar-refractivity contribution in [2.45, 2.75) is 22.6 Å². The van der Waals surface area contributed by atoms with Gasteiger partial charge >= 0.3 is 0 Å². The van der Waals surface area contributed by atoms with Crippen molar-refractivity contribution in [1.82, 2.24) is 0 Å². The van der Waals surface area contributed by atoms with E-state index >= 15 is 0 Å². The number of anilines is 1. The minimum absolute atomic E-state index is 0.0366. The van der Waals surface area contributed by atoms with Crippen molar-refractivity contribution in [1.29, 1.82) is 0 Å². The molecule has 2 amide bonds. The summed E-state index contributed by atoms with van der Waals surface area (Å²) < 4.78 is 0. The molecule has 4 aromatic rings. The normalized spacial score (nSPS) is 11.7. The third kappa shape index (κ3) is 5.51. The van der Waals surface area contributed by atoms with Crippen LogP contribution in [0.1, 0.15) is 21.5 Å². The molecule has 0 unspecified atom stereocenters. The van der Waals surface area contributed by atoms with Gasteiger partial charge in [0.25, 0.3) is 5.91 Å². The zero-order chi connectivity index (χ0) is 23.0. The highest BCUT2D eigenvalue weighted by Gasteiger charge is 2.19. The summed E-state index contributed by atoms with van der Waals surface area (Å²) in [6, 6.07) is 33.4. The molecule has 0 aliphatic carbocycles. The molecule has 33 heavy (non-hydrogen) atoms.